The van der Waals surface area contributed by atoms with Gasteiger partial charge in [-0.25, -0.2) is 9.97 Å². The molecule has 0 bridgehead atoms. The number of thiophene rings is 1. The van der Waals surface area contributed by atoms with E-state index in [0.29, 0.717) is 0 Å². The van der Waals surface area contributed by atoms with Gasteiger partial charge < -0.3 is 0 Å². The lowest BCUT2D eigenvalue weighted by Crippen LogP contribution is -1.91. The number of hydrogen-bond donors (Lipinski definition) is 0. The van der Waals surface area contributed by atoms with Gasteiger partial charge in [-0.3, -0.25) is 0 Å². The predicted molar refractivity (Wildman–Crippen MR) is 193 cm³/mol. The number of aryl methyl sites for hydroxylation is 3. The van der Waals surface area contributed by atoms with Gasteiger partial charge in [0.2, 0.25) is 5.28 Å². The molecule has 7 rings (SSSR count). The third-order valence-electron chi connectivity index (χ3n) is 7.29. The van der Waals surface area contributed by atoms with Gasteiger partial charge in [-0.05, 0) is 90.9 Å². The molecule has 0 aliphatic rings. The lowest BCUT2D eigenvalue weighted by molar-refractivity contribution is 1.24. The van der Waals surface area contributed by atoms with Gasteiger partial charge in [0, 0.05) is 21.0 Å². The largest absolute Gasteiger partial charge is 0.224 e. The lowest BCUT2D eigenvalue weighted by atomic mass is 9.92. The zero-order valence-electron chi connectivity index (χ0n) is 25.5. The number of hydrogen-bond acceptors (Lipinski definition) is 3. The predicted octanol–water partition coefficient (Wildman–Crippen LogP) is 12.3. The van der Waals surface area contributed by atoms with E-state index in [1.807, 2.05) is 25.1 Å². The zero-order chi connectivity index (χ0) is 31.1. The highest BCUT2D eigenvalue weighted by Crippen LogP contribution is 2.40. The van der Waals surface area contributed by atoms with Crippen molar-refractivity contribution in [3.63, 3.8) is 0 Å². The van der Waals surface area contributed by atoms with Gasteiger partial charge in [0.15, 0.2) is 0 Å². The molecule has 2 heterocycles. The molecule has 0 fully saturated rings. The van der Waals surface area contributed by atoms with Gasteiger partial charge in [-0.2, -0.15) is 0 Å². The molecule has 0 radical (unpaired) electrons. The second kappa shape index (κ2) is 14.3. The van der Waals surface area contributed by atoms with Crippen LogP contribution in [0.2, 0.25) is 5.28 Å². The average Bonchev–Trinajstić information content (AvgIpc) is 3.41. The maximum absolute atomic E-state index is 6.36. The minimum atomic E-state index is 0.275. The maximum Gasteiger partial charge on any atom is 0.224 e. The van der Waals surface area contributed by atoms with E-state index in [4.69, 9.17) is 11.6 Å². The van der Waals surface area contributed by atoms with E-state index < -0.39 is 0 Å². The standard InChI is InChI=1S/C30H21ClN2S.C7H8.C3H6/c1-18-8-3-4-11-23(18)25-17-21(15-14-19(25)2)20-9-7-10-22(16-20)28-27-24-12-5-6-13-26(24)34-29(27)33-30(31)32-28;1-7-5-3-2-4-6-7;1-3-2/h3-17H,1-2H3;2-6H,1H3;3H,1H2,2H3. The topological polar surface area (TPSA) is 25.8 Å². The Morgan fingerprint density at radius 3 is 2.00 bits per heavy atom. The number of allylic oxidation sites excluding steroid dienone is 1. The molecule has 0 saturated carbocycles. The van der Waals surface area contributed by atoms with E-state index in [-0.39, 0.29) is 5.28 Å². The quantitative estimate of drug-likeness (QED) is 0.147. The van der Waals surface area contributed by atoms with Crippen molar-refractivity contribution in [1.82, 2.24) is 9.97 Å². The number of rotatable bonds is 3. The second-order valence-corrected chi connectivity index (χ2v) is 12.0. The summed E-state index contributed by atoms with van der Waals surface area (Å²) in [6.45, 7) is 11.7. The summed E-state index contributed by atoms with van der Waals surface area (Å²) in [5.41, 5.74) is 10.6. The zero-order valence-corrected chi connectivity index (χ0v) is 27.1. The van der Waals surface area contributed by atoms with E-state index >= 15 is 0 Å². The first-order valence-corrected chi connectivity index (χ1v) is 15.8. The van der Waals surface area contributed by atoms with Gasteiger partial charge in [0.25, 0.3) is 0 Å². The molecule has 0 aliphatic carbocycles. The number of nitrogens with zero attached hydrogens (tertiary/aromatic N) is 2. The molecule has 5 aromatic carbocycles. The van der Waals surface area contributed by atoms with Crippen molar-refractivity contribution in [1.29, 1.82) is 0 Å². The normalized spacial score (nSPS) is 10.5. The molecule has 0 atom stereocenters. The molecule has 0 N–H and O–H groups in total. The highest BCUT2D eigenvalue weighted by Gasteiger charge is 2.16. The van der Waals surface area contributed by atoms with E-state index in [9.17, 15) is 0 Å². The summed E-state index contributed by atoms with van der Waals surface area (Å²) in [7, 11) is 0. The molecule has 0 amide bonds. The summed E-state index contributed by atoms with van der Waals surface area (Å²) >= 11 is 8.02. The molecule has 0 saturated heterocycles. The van der Waals surface area contributed by atoms with Crippen molar-refractivity contribution in [2.75, 3.05) is 0 Å². The number of fused-ring (bicyclic) bond motifs is 3. The first kappa shape index (κ1) is 30.9. The summed E-state index contributed by atoms with van der Waals surface area (Å²) in [5.74, 6) is 0. The molecule has 44 heavy (non-hydrogen) atoms. The summed E-state index contributed by atoms with van der Waals surface area (Å²) in [5, 5.41) is 2.50. The van der Waals surface area contributed by atoms with Crippen LogP contribution in [0.3, 0.4) is 0 Å². The van der Waals surface area contributed by atoms with Crippen LogP contribution in [-0.4, -0.2) is 9.97 Å². The molecule has 2 nitrogen and oxygen atoms in total. The van der Waals surface area contributed by atoms with E-state index in [1.54, 1.807) is 17.4 Å². The van der Waals surface area contributed by atoms with Gasteiger partial charge in [0.1, 0.15) is 4.83 Å². The SMILES string of the molecule is C=CC.Cc1ccccc1.Cc1ccccc1-c1cc(-c2cccc(-c3nc(Cl)nc4sc5ccccc5c34)c2)ccc1C. The van der Waals surface area contributed by atoms with Gasteiger partial charge >= 0.3 is 0 Å². The minimum absolute atomic E-state index is 0.275. The Hall–Kier alpha value is -4.57. The highest BCUT2D eigenvalue weighted by atomic mass is 35.5. The summed E-state index contributed by atoms with van der Waals surface area (Å²) in [6.07, 6.45) is 1.75. The highest BCUT2D eigenvalue weighted by molar-refractivity contribution is 7.25. The van der Waals surface area contributed by atoms with Crippen molar-refractivity contribution < 1.29 is 0 Å². The maximum atomic E-state index is 6.36. The Labute approximate surface area is 269 Å². The van der Waals surface area contributed by atoms with Crippen molar-refractivity contribution >= 4 is 43.2 Å². The lowest BCUT2D eigenvalue weighted by Gasteiger charge is -2.13. The Balaban J connectivity index is 0.000000331. The first-order valence-electron chi connectivity index (χ1n) is 14.6. The van der Waals surface area contributed by atoms with E-state index in [1.165, 1.54) is 38.1 Å². The third kappa shape index (κ3) is 6.97. The molecular formula is C40H35ClN2S. The molecule has 218 valence electrons. The Bertz CT molecular complexity index is 2040. The molecule has 4 heteroatoms. The molecule has 0 spiro atoms. The summed E-state index contributed by atoms with van der Waals surface area (Å²) < 4.78 is 1.19. The van der Waals surface area contributed by atoms with E-state index in [0.717, 1.165) is 32.4 Å². The van der Waals surface area contributed by atoms with Crippen molar-refractivity contribution in [2.45, 2.75) is 27.7 Å². The van der Waals surface area contributed by atoms with Crippen LogP contribution in [0.25, 0.3) is 53.8 Å². The van der Waals surface area contributed by atoms with Crippen LogP contribution in [0.4, 0.5) is 0 Å². The molecule has 0 unspecified atom stereocenters. The van der Waals surface area contributed by atoms with Crippen molar-refractivity contribution in [3.05, 3.63) is 156 Å². The smallest absolute Gasteiger partial charge is 0.217 e. The van der Waals surface area contributed by atoms with Gasteiger partial charge in [-0.1, -0.05) is 115 Å². The molecule has 2 aromatic heterocycles. The summed E-state index contributed by atoms with van der Waals surface area (Å²) in [6, 6.07) is 42.4. The third-order valence-corrected chi connectivity index (χ3v) is 8.53. The first-order chi connectivity index (χ1) is 21.4. The fourth-order valence-electron chi connectivity index (χ4n) is 5.15. The van der Waals surface area contributed by atoms with Gasteiger partial charge in [-0.15, -0.1) is 17.9 Å². The second-order valence-electron chi connectivity index (χ2n) is 10.6. The van der Waals surface area contributed by atoms with Crippen LogP contribution in [0.15, 0.2) is 134 Å². The molecule has 0 aliphatic heterocycles. The monoisotopic (exact) mass is 610 g/mol. The van der Waals surface area contributed by atoms with Crippen LogP contribution < -0.4 is 0 Å². The molecular weight excluding hydrogens is 576 g/mol. The Kier molecular flexibility index (Phi) is 10.0. The fraction of sp³-hybridized carbons (Fsp3) is 0.100. The van der Waals surface area contributed by atoms with E-state index in [2.05, 4.69) is 140 Å². The van der Waals surface area contributed by atoms with Crippen LogP contribution in [0.1, 0.15) is 23.6 Å². The number of benzene rings is 5. The average molecular weight is 611 g/mol. The van der Waals surface area contributed by atoms with Crippen LogP contribution >= 0.6 is 22.9 Å². The fourth-order valence-corrected chi connectivity index (χ4v) is 6.45. The van der Waals surface area contributed by atoms with Crippen LogP contribution in [-0.2, 0) is 0 Å². The van der Waals surface area contributed by atoms with Crippen LogP contribution in [0.5, 0.6) is 0 Å². The summed E-state index contributed by atoms with van der Waals surface area (Å²) in [4.78, 5) is 10.1. The van der Waals surface area contributed by atoms with Gasteiger partial charge in [0.05, 0.1) is 5.69 Å². The number of aromatic nitrogens is 2. The minimum Gasteiger partial charge on any atom is -0.217 e. The Morgan fingerprint density at radius 1 is 0.636 bits per heavy atom. The molecule has 7 aromatic rings. The Morgan fingerprint density at radius 2 is 1.27 bits per heavy atom. The number of halogens is 1. The van der Waals surface area contributed by atoms with Crippen molar-refractivity contribution in [3.8, 4) is 33.5 Å². The van der Waals surface area contributed by atoms with Crippen LogP contribution in [0, 0.1) is 20.8 Å². The van der Waals surface area contributed by atoms with Crippen molar-refractivity contribution in [2.24, 2.45) is 0 Å².